The molecule has 2 heterocycles. The Kier molecular flexibility index (Phi) is 6.80. The fraction of sp³-hybridized carbons (Fsp3) is 0.130. The van der Waals surface area contributed by atoms with Crippen LogP contribution >= 0.6 is 0 Å². The summed E-state index contributed by atoms with van der Waals surface area (Å²) < 4.78 is 27.1. The lowest BCUT2D eigenvalue weighted by Crippen LogP contribution is -2.28. The van der Waals surface area contributed by atoms with E-state index >= 15 is 0 Å². The molecular formula is C23H22FN5OS. The van der Waals surface area contributed by atoms with E-state index in [4.69, 9.17) is 10.0 Å². The molecule has 1 aromatic heterocycles. The summed E-state index contributed by atoms with van der Waals surface area (Å²) in [7, 11) is 0.670. The maximum absolute atomic E-state index is 13.6. The van der Waals surface area contributed by atoms with Crippen molar-refractivity contribution in [3.8, 4) is 6.07 Å². The van der Waals surface area contributed by atoms with Gasteiger partial charge in [0.25, 0.3) is 5.91 Å². The summed E-state index contributed by atoms with van der Waals surface area (Å²) in [6.45, 7) is 5.67. The number of hydrogen-bond acceptors (Lipinski definition) is 3. The first-order valence-electron chi connectivity index (χ1n) is 9.45. The van der Waals surface area contributed by atoms with Crippen LogP contribution in [-0.2, 0) is 17.9 Å². The molecule has 0 saturated heterocycles. The number of amides is 1. The third-order valence-corrected chi connectivity index (χ3v) is 5.95. The molecule has 0 radical (unpaired) electrons. The van der Waals surface area contributed by atoms with Crippen molar-refractivity contribution in [3.63, 3.8) is 0 Å². The second-order valence-electron chi connectivity index (χ2n) is 6.79. The molecule has 0 fully saturated rings. The number of aromatic nitrogens is 1. The molecule has 1 aliphatic rings. The van der Waals surface area contributed by atoms with Crippen molar-refractivity contribution in [2.75, 3.05) is 5.32 Å². The quantitative estimate of drug-likeness (QED) is 0.599. The minimum Gasteiger partial charge on any atom is -0.345 e. The minimum atomic E-state index is -1.07. The highest BCUT2D eigenvalue weighted by molar-refractivity contribution is 7.84. The highest BCUT2D eigenvalue weighted by Gasteiger charge is 2.25. The van der Waals surface area contributed by atoms with Crippen LogP contribution in [0.4, 0.5) is 10.1 Å². The standard InChI is InChI=1S/C23H22FN5OS/c1-4-6-15(7-5-2)20-11-9-18-21(31(26)28-20)14-29(3)22(18)23(30)27-17-8-10-19(24)16(12-17)13-25/h4-12,14,20H,1H2,2-3H3,(H2,26,28)(H,27,30)/b7-5-,15-6+. The summed E-state index contributed by atoms with van der Waals surface area (Å²) in [6.07, 6.45) is 13.0. The fourth-order valence-corrected chi connectivity index (χ4v) is 4.54. The number of fused-ring (bicyclic) bond motifs is 1. The van der Waals surface area contributed by atoms with Crippen LogP contribution in [0.2, 0.25) is 0 Å². The van der Waals surface area contributed by atoms with E-state index in [1.165, 1.54) is 12.1 Å². The van der Waals surface area contributed by atoms with Gasteiger partial charge in [-0.25, -0.2) is 9.11 Å². The molecule has 0 saturated carbocycles. The predicted molar refractivity (Wildman–Crippen MR) is 122 cm³/mol. The summed E-state index contributed by atoms with van der Waals surface area (Å²) in [5.74, 6) is -1.05. The highest BCUT2D eigenvalue weighted by atomic mass is 32.2. The average molecular weight is 436 g/mol. The third-order valence-electron chi connectivity index (χ3n) is 4.69. The molecule has 2 unspecified atom stereocenters. The van der Waals surface area contributed by atoms with Gasteiger partial charge in [0.1, 0.15) is 17.6 Å². The zero-order valence-corrected chi connectivity index (χ0v) is 18.0. The first-order valence-corrected chi connectivity index (χ1v) is 10.7. The second kappa shape index (κ2) is 9.51. The van der Waals surface area contributed by atoms with Crippen molar-refractivity contribution in [2.45, 2.75) is 17.9 Å². The normalized spacial score (nSPS) is 18.3. The average Bonchev–Trinajstić information content (AvgIpc) is 3.00. The Bertz CT molecular complexity index is 1200. The van der Waals surface area contributed by atoms with E-state index in [2.05, 4.69) is 16.6 Å². The summed E-state index contributed by atoms with van der Waals surface area (Å²) >= 11 is 0. The monoisotopic (exact) mass is 435 g/mol. The number of hydrogen-bond donors (Lipinski definition) is 3. The van der Waals surface area contributed by atoms with Gasteiger partial charge in [0, 0.05) is 24.5 Å². The van der Waals surface area contributed by atoms with Gasteiger partial charge in [0.05, 0.1) is 16.5 Å². The molecule has 6 nitrogen and oxygen atoms in total. The number of benzene rings is 1. The summed E-state index contributed by atoms with van der Waals surface area (Å²) in [5, 5.41) is 11.7. The number of carbonyl (C=O) groups is 1. The molecule has 2 aromatic rings. The van der Waals surface area contributed by atoms with Crippen molar-refractivity contribution in [3.05, 3.63) is 89.6 Å². The Morgan fingerprint density at radius 1 is 1.48 bits per heavy atom. The van der Waals surface area contributed by atoms with E-state index in [0.29, 0.717) is 21.8 Å². The van der Waals surface area contributed by atoms with Crippen molar-refractivity contribution in [2.24, 2.45) is 7.05 Å². The number of rotatable bonds is 5. The lowest BCUT2D eigenvalue weighted by molar-refractivity contribution is 0.101. The fourth-order valence-electron chi connectivity index (χ4n) is 3.29. The summed E-state index contributed by atoms with van der Waals surface area (Å²) in [6, 6.07) is 5.39. The molecule has 8 heteroatoms. The Balaban J connectivity index is 1.97. The minimum absolute atomic E-state index is 0.145. The topological polar surface area (TPSA) is 93.7 Å². The number of nitrogens with one attached hydrogen (secondary N) is 3. The SMILES string of the molecule is C=C/C=C(\C=C/C)C1C=Cc2c(cn(C)c2C(=O)Nc2ccc(F)c(C#N)c2)S(=N)N1. The third kappa shape index (κ3) is 4.63. The number of halogens is 1. The molecule has 0 bridgehead atoms. The Morgan fingerprint density at radius 2 is 2.26 bits per heavy atom. The van der Waals surface area contributed by atoms with Crippen molar-refractivity contribution < 1.29 is 9.18 Å². The van der Waals surface area contributed by atoms with Gasteiger partial charge in [-0.05, 0) is 41.6 Å². The molecule has 0 spiro atoms. The van der Waals surface area contributed by atoms with E-state index in [9.17, 15) is 9.18 Å². The van der Waals surface area contributed by atoms with Gasteiger partial charge in [-0.3, -0.25) is 9.57 Å². The molecule has 158 valence electrons. The van der Waals surface area contributed by atoms with Crippen LogP contribution in [0, 0.1) is 21.9 Å². The van der Waals surface area contributed by atoms with Crippen LogP contribution in [0.25, 0.3) is 6.08 Å². The smallest absolute Gasteiger partial charge is 0.272 e. The summed E-state index contributed by atoms with van der Waals surface area (Å²) in [4.78, 5) is 13.7. The molecule has 2 atom stereocenters. The Labute approximate surface area is 183 Å². The first-order chi connectivity index (χ1) is 14.9. The van der Waals surface area contributed by atoms with E-state index in [0.717, 1.165) is 11.6 Å². The number of nitriles is 1. The second-order valence-corrected chi connectivity index (χ2v) is 8.08. The van der Waals surface area contributed by atoms with Crippen LogP contribution in [0.3, 0.4) is 0 Å². The molecular weight excluding hydrogens is 413 g/mol. The van der Waals surface area contributed by atoms with Crippen molar-refractivity contribution in [1.29, 1.82) is 10.0 Å². The van der Waals surface area contributed by atoms with Gasteiger partial charge < -0.3 is 9.88 Å². The maximum Gasteiger partial charge on any atom is 0.272 e. The van der Waals surface area contributed by atoms with E-state index in [1.807, 2.05) is 37.3 Å². The van der Waals surface area contributed by atoms with Gasteiger partial charge in [0.2, 0.25) is 0 Å². The van der Waals surface area contributed by atoms with E-state index < -0.39 is 22.6 Å². The number of nitrogens with zero attached hydrogens (tertiary/aromatic N) is 2. The highest BCUT2D eigenvalue weighted by Crippen LogP contribution is 2.27. The van der Waals surface area contributed by atoms with Gasteiger partial charge in [-0.15, -0.1) is 0 Å². The van der Waals surface area contributed by atoms with Crippen LogP contribution in [0.1, 0.15) is 28.5 Å². The lowest BCUT2D eigenvalue weighted by Gasteiger charge is -2.15. The molecule has 1 aromatic carbocycles. The van der Waals surface area contributed by atoms with Gasteiger partial charge >= 0.3 is 0 Å². The lowest BCUT2D eigenvalue weighted by atomic mass is 10.0. The number of allylic oxidation sites excluding steroid dienone is 3. The summed E-state index contributed by atoms with van der Waals surface area (Å²) in [5.41, 5.74) is 2.15. The zero-order chi connectivity index (χ0) is 22.5. The maximum atomic E-state index is 13.6. The van der Waals surface area contributed by atoms with Gasteiger partial charge in [-0.2, -0.15) is 5.26 Å². The Hall–Kier alpha value is -3.54. The van der Waals surface area contributed by atoms with Crippen LogP contribution in [0.15, 0.2) is 71.8 Å². The number of carbonyl (C=O) groups excluding carboxylic acids is 1. The Morgan fingerprint density at radius 3 is 2.94 bits per heavy atom. The number of anilines is 1. The predicted octanol–water partition coefficient (Wildman–Crippen LogP) is 4.62. The molecule has 0 aliphatic carbocycles. The van der Waals surface area contributed by atoms with Gasteiger partial charge in [-0.1, -0.05) is 43.0 Å². The first kappa shape index (κ1) is 22.2. The molecule has 3 rings (SSSR count). The van der Waals surface area contributed by atoms with Crippen LogP contribution in [-0.4, -0.2) is 16.5 Å². The van der Waals surface area contributed by atoms with Gasteiger partial charge in [0.15, 0.2) is 0 Å². The van der Waals surface area contributed by atoms with E-state index in [1.54, 1.807) is 30.0 Å². The van der Waals surface area contributed by atoms with Crippen molar-refractivity contribution >= 4 is 28.5 Å². The van der Waals surface area contributed by atoms with E-state index in [-0.39, 0.29) is 11.6 Å². The number of aryl methyl sites for hydroxylation is 1. The van der Waals surface area contributed by atoms with Crippen molar-refractivity contribution in [1.82, 2.24) is 9.29 Å². The van der Waals surface area contributed by atoms with Crippen LogP contribution < -0.4 is 10.0 Å². The molecule has 3 N–H and O–H groups in total. The zero-order valence-electron chi connectivity index (χ0n) is 17.1. The molecule has 1 amide bonds. The van der Waals surface area contributed by atoms with Crippen LogP contribution in [0.5, 0.6) is 0 Å². The largest absolute Gasteiger partial charge is 0.345 e. The molecule has 1 aliphatic heterocycles. The molecule has 31 heavy (non-hydrogen) atoms.